The van der Waals surface area contributed by atoms with E-state index in [2.05, 4.69) is 25.9 Å². The van der Waals surface area contributed by atoms with Crippen molar-refractivity contribution >= 4 is 22.7 Å². The number of primary amides is 1. The summed E-state index contributed by atoms with van der Waals surface area (Å²) in [4.78, 5) is 25.2. The minimum Gasteiger partial charge on any atom is -0.361 e. The maximum absolute atomic E-state index is 12.2. The number of fused-ring (bicyclic) bond motifs is 1. The summed E-state index contributed by atoms with van der Waals surface area (Å²) in [6.07, 6.45) is 3.88. The van der Waals surface area contributed by atoms with Crippen molar-refractivity contribution in [2.24, 2.45) is 11.7 Å². The molecule has 0 bridgehead atoms. The largest absolute Gasteiger partial charge is 0.361 e. The van der Waals surface area contributed by atoms with E-state index in [9.17, 15) is 9.59 Å². The van der Waals surface area contributed by atoms with E-state index in [-0.39, 0.29) is 6.04 Å². The highest BCUT2D eigenvalue weighted by atomic mass is 16.2. The molecule has 2 aromatic rings. The highest BCUT2D eigenvalue weighted by molar-refractivity contribution is 6.34. The maximum Gasteiger partial charge on any atom is 0.312 e. The number of hydrogen-bond acceptors (Lipinski definition) is 3. The van der Waals surface area contributed by atoms with E-state index in [1.54, 1.807) is 4.90 Å². The van der Waals surface area contributed by atoms with E-state index in [1.165, 1.54) is 0 Å². The number of likely N-dealkylation sites (tertiary alicyclic amines) is 1. The molecule has 6 heteroatoms. The summed E-state index contributed by atoms with van der Waals surface area (Å²) < 4.78 is 1.93. The Labute approximate surface area is 141 Å². The zero-order valence-corrected chi connectivity index (χ0v) is 14.4. The summed E-state index contributed by atoms with van der Waals surface area (Å²) in [5.41, 5.74) is 7.15. The Bertz CT molecular complexity index is 780. The average molecular weight is 328 g/mol. The number of carbonyl (C=O) groups excluding carboxylic acids is 2. The molecule has 1 fully saturated rings. The number of benzene rings is 1. The molecule has 3 rings (SSSR count). The standard InChI is InChI=1S/C18H24N4O2/c1-11(2)22-10-14-6-5-13(8-15(14)20-22)16-7-4-12(3)9-21(16)18(24)17(19)23/h5-6,8,10-12,16H,4,7,9H2,1-3H3,(H2,19,23)/t12-,16+/m0/s1. The zero-order valence-electron chi connectivity index (χ0n) is 14.4. The molecule has 1 aromatic heterocycles. The van der Waals surface area contributed by atoms with Gasteiger partial charge in [-0.2, -0.15) is 5.10 Å². The SMILES string of the molecule is CC(C)n1cc2ccc([C@H]3CC[C@H](C)CN3C(=O)C(N)=O)cc2n1. The van der Waals surface area contributed by atoms with Crippen LogP contribution in [0.3, 0.4) is 0 Å². The van der Waals surface area contributed by atoms with Crippen molar-refractivity contribution in [3.05, 3.63) is 30.0 Å². The third kappa shape index (κ3) is 3.00. The lowest BCUT2D eigenvalue weighted by atomic mass is 9.89. The van der Waals surface area contributed by atoms with Crippen molar-refractivity contribution in [2.75, 3.05) is 6.54 Å². The van der Waals surface area contributed by atoms with Gasteiger partial charge in [-0.05, 0) is 44.2 Å². The number of nitrogens with two attached hydrogens (primary N) is 1. The van der Waals surface area contributed by atoms with Crippen LogP contribution in [0.15, 0.2) is 24.4 Å². The van der Waals surface area contributed by atoms with Crippen LogP contribution in [0, 0.1) is 5.92 Å². The van der Waals surface area contributed by atoms with E-state index in [1.807, 2.05) is 29.1 Å². The average Bonchev–Trinajstić information content (AvgIpc) is 2.97. The minimum atomic E-state index is -0.890. The number of aromatic nitrogens is 2. The highest BCUT2D eigenvalue weighted by Gasteiger charge is 2.33. The van der Waals surface area contributed by atoms with E-state index in [4.69, 9.17) is 5.73 Å². The first-order valence-corrected chi connectivity index (χ1v) is 8.46. The summed E-state index contributed by atoms with van der Waals surface area (Å²) >= 11 is 0. The summed E-state index contributed by atoms with van der Waals surface area (Å²) in [5, 5.41) is 5.68. The Morgan fingerprint density at radius 1 is 1.29 bits per heavy atom. The van der Waals surface area contributed by atoms with Gasteiger partial charge in [0.2, 0.25) is 0 Å². The monoisotopic (exact) mass is 328 g/mol. The topological polar surface area (TPSA) is 81.2 Å². The van der Waals surface area contributed by atoms with Crippen molar-refractivity contribution in [3.63, 3.8) is 0 Å². The van der Waals surface area contributed by atoms with Crippen molar-refractivity contribution < 1.29 is 9.59 Å². The van der Waals surface area contributed by atoms with Gasteiger partial charge in [0.25, 0.3) is 0 Å². The first kappa shape index (κ1) is 16.5. The van der Waals surface area contributed by atoms with Crippen LogP contribution < -0.4 is 5.73 Å². The molecule has 2 atom stereocenters. The Balaban J connectivity index is 1.97. The number of nitrogens with zero attached hydrogens (tertiary/aromatic N) is 3. The predicted octanol–water partition coefficient (Wildman–Crippen LogP) is 2.40. The lowest BCUT2D eigenvalue weighted by Gasteiger charge is -2.38. The maximum atomic E-state index is 12.2. The fraction of sp³-hybridized carbons (Fsp3) is 0.500. The van der Waals surface area contributed by atoms with Crippen molar-refractivity contribution in [1.29, 1.82) is 0 Å². The molecular formula is C18H24N4O2. The van der Waals surface area contributed by atoms with Gasteiger partial charge in [0.1, 0.15) is 0 Å². The molecule has 2 heterocycles. The second-order valence-corrected chi connectivity index (χ2v) is 7.04. The van der Waals surface area contributed by atoms with Gasteiger partial charge in [0.05, 0.1) is 11.6 Å². The molecule has 2 amide bonds. The molecule has 0 unspecified atom stereocenters. The van der Waals surface area contributed by atoms with E-state index < -0.39 is 11.8 Å². The van der Waals surface area contributed by atoms with Gasteiger partial charge in [-0.15, -0.1) is 0 Å². The molecule has 24 heavy (non-hydrogen) atoms. The Kier molecular flexibility index (Phi) is 4.30. The first-order valence-electron chi connectivity index (χ1n) is 8.46. The molecule has 0 spiro atoms. The quantitative estimate of drug-likeness (QED) is 0.860. The van der Waals surface area contributed by atoms with E-state index >= 15 is 0 Å². The number of amides is 2. The van der Waals surface area contributed by atoms with Crippen LogP contribution in [0.4, 0.5) is 0 Å². The zero-order chi connectivity index (χ0) is 17.4. The summed E-state index contributed by atoms with van der Waals surface area (Å²) in [7, 11) is 0. The molecule has 1 aromatic carbocycles. The molecule has 1 aliphatic rings. The van der Waals surface area contributed by atoms with Crippen LogP contribution in [-0.2, 0) is 9.59 Å². The number of piperidine rings is 1. The smallest absolute Gasteiger partial charge is 0.312 e. The number of carbonyl (C=O) groups is 2. The normalized spacial score (nSPS) is 21.4. The lowest BCUT2D eigenvalue weighted by Crippen LogP contribution is -2.46. The molecule has 128 valence electrons. The minimum absolute atomic E-state index is 0.116. The molecule has 0 aliphatic carbocycles. The molecule has 1 saturated heterocycles. The van der Waals surface area contributed by atoms with Gasteiger partial charge in [-0.25, -0.2) is 0 Å². The summed E-state index contributed by atoms with van der Waals surface area (Å²) in [6.45, 7) is 6.82. The van der Waals surface area contributed by atoms with Crippen LogP contribution >= 0.6 is 0 Å². The van der Waals surface area contributed by atoms with Gasteiger partial charge in [0, 0.05) is 24.2 Å². The van der Waals surface area contributed by atoms with Crippen LogP contribution in [0.1, 0.15) is 51.3 Å². The highest BCUT2D eigenvalue weighted by Crippen LogP contribution is 2.34. The first-order chi connectivity index (χ1) is 11.4. The molecule has 0 radical (unpaired) electrons. The molecule has 0 saturated carbocycles. The van der Waals surface area contributed by atoms with Crippen molar-refractivity contribution in [2.45, 2.75) is 45.7 Å². The van der Waals surface area contributed by atoms with Crippen LogP contribution in [0.5, 0.6) is 0 Å². The fourth-order valence-electron chi connectivity index (χ4n) is 3.39. The third-order valence-electron chi connectivity index (χ3n) is 4.75. The van der Waals surface area contributed by atoms with Gasteiger partial charge >= 0.3 is 11.8 Å². The second kappa shape index (κ2) is 6.26. The van der Waals surface area contributed by atoms with Gasteiger partial charge in [0.15, 0.2) is 0 Å². The Morgan fingerprint density at radius 2 is 2.04 bits per heavy atom. The molecule has 6 nitrogen and oxygen atoms in total. The van der Waals surface area contributed by atoms with Gasteiger partial charge < -0.3 is 10.6 Å². The predicted molar refractivity (Wildman–Crippen MR) is 92.2 cm³/mol. The Hall–Kier alpha value is -2.37. The van der Waals surface area contributed by atoms with Gasteiger partial charge in [-0.3, -0.25) is 14.3 Å². The number of rotatable bonds is 2. The van der Waals surface area contributed by atoms with Gasteiger partial charge in [-0.1, -0.05) is 19.1 Å². The molecule has 1 aliphatic heterocycles. The molecule has 2 N–H and O–H groups in total. The molecular weight excluding hydrogens is 304 g/mol. The van der Waals surface area contributed by atoms with Crippen LogP contribution in [0.2, 0.25) is 0 Å². The van der Waals surface area contributed by atoms with Crippen LogP contribution in [-0.4, -0.2) is 33.0 Å². The Morgan fingerprint density at radius 3 is 2.71 bits per heavy atom. The second-order valence-electron chi connectivity index (χ2n) is 7.04. The lowest BCUT2D eigenvalue weighted by molar-refractivity contribution is -0.147. The van der Waals surface area contributed by atoms with Crippen molar-refractivity contribution in [1.82, 2.24) is 14.7 Å². The summed E-state index contributed by atoms with van der Waals surface area (Å²) in [6, 6.07) is 6.26. The van der Waals surface area contributed by atoms with E-state index in [0.29, 0.717) is 18.5 Å². The third-order valence-corrected chi connectivity index (χ3v) is 4.75. The number of hydrogen-bond donors (Lipinski definition) is 1. The fourth-order valence-corrected chi connectivity index (χ4v) is 3.39. The van der Waals surface area contributed by atoms with Crippen molar-refractivity contribution in [3.8, 4) is 0 Å². The summed E-state index contributed by atoms with van der Waals surface area (Å²) in [5.74, 6) is -1.12. The van der Waals surface area contributed by atoms with Crippen LogP contribution in [0.25, 0.3) is 10.9 Å². The van der Waals surface area contributed by atoms with E-state index in [0.717, 1.165) is 29.3 Å².